The first-order valence-electron chi connectivity index (χ1n) is 5.97. The fourth-order valence-electron chi connectivity index (χ4n) is 2.97. The molecule has 0 radical (unpaired) electrons. The molecule has 0 aromatic heterocycles. The van der Waals surface area contributed by atoms with E-state index in [4.69, 9.17) is 4.74 Å². The van der Waals surface area contributed by atoms with Crippen LogP contribution in [0.5, 0.6) is 0 Å². The average Bonchev–Trinajstić information content (AvgIpc) is 2.42. The number of rotatable bonds is 3. The number of ether oxygens (including phenoxy) is 1. The van der Waals surface area contributed by atoms with Gasteiger partial charge in [-0.2, -0.15) is 0 Å². The number of hydrogen-bond donors (Lipinski definition) is 0. The fourth-order valence-corrected chi connectivity index (χ4v) is 3.83. The van der Waals surface area contributed by atoms with Gasteiger partial charge in [0.05, 0.1) is 5.60 Å². The second kappa shape index (κ2) is 4.34. The lowest BCUT2D eigenvalue weighted by atomic mass is 9.99. The van der Waals surface area contributed by atoms with Crippen LogP contribution in [0.15, 0.2) is 0 Å². The molecular formula is C12H22BrNO. The second-order valence-electron chi connectivity index (χ2n) is 5.59. The molecule has 2 atom stereocenters. The Hall–Kier alpha value is 0.400. The third-order valence-corrected chi connectivity index (χ3v) is 4.69. The van der Waals surface area contributed by atoms with Crippen molar-refractivity contribution in [2.45, 2.75) is 62.0 Å². The smallest absolute Gasteiger partial charge is 0.0749 e. The largest absolute Gasteiger partial charge is 0.377 e. The molecular weight excluding hydrogens is 254 g/mol. The van der Waals surface area contributed by atoms with Gasteiger partial charge in [0.2, 0.25) is 0 Å². The van der Waals surface area contributed by atoms with Crippen LogP contribution in [-0.4, -0.2) is 41.1 Å². The Kier molecular flexibility index (Phi) is 3.44. The summed E-state index contributed by atoms with van der Waals surface area (Å²) in [4.78, 5) is 3.43. The topological polar surface area (TPSA) is 12.5 Å². The molecule has 15 heavy (non-hydrogen) atoms. The van der Waals surface area contributed by atoms with Gasteiger partial charge in [-0.05, 0) is 39.5 Å². The Labute approximate surface area is 101 Å². The molecule has 0 aromatic rings. The van der Waals surface area contributed by atoms with Gasteiger partial charge in [-0.15, -0.1) is 0 Å². The molecule has 2 bridgehead atoms. The number of nitrogens with zero attached hydrogens (tertiary/aromatic N) is 1. The van der Waals surface area contributed by atoms with Crippen LogP contribution < -0.4 is 0 Å². The van der Waals surface area contributed by atoms with E-state index in [1.165, 1.54) is 25.7 Å². The summed E-state index contributed by atoms with van der Waals surface area (Å²) in [6, 6.07) is 1.59. The van der Waals surface area contributed by atoms with Crippen molar-refractivity contribution in [3.05, 3.63) is 0 Å². The SMILES string of the molecule is COC(C)(C)CN1C2CCC1CC(Br)C2. The van der Waals surface area contributed by atoms with Crippen molar-refractivity contribution in [2.24, 2.45) is 0 Å². The van der Waals surface area contributed by atoms with Crippen LogP contribution in [0.2, 0.25) is 0 Å². The van der Waals surface area contributed by atoms with Gasteiger partial charge < -0.3 is 4.74 Å². The number of piperidine rings is 1. The highest BCUT2D eigenvalue weighted by molar-refractivity contribution is 9.09. The van der Waals surface area contributed by atoms with Crippen molar-refractivity contribution in [2.75, 3.05) is 13.7 Å². The van der Waals surface area contributed by atoms with Crippen molar-refractivity contribution in [1.82, 2.24) is 4.90 Å². The monoisotopic (exact) mass is 275 g/mol. The van der Waals surface area contributed by atoms with Gasteiger partial charge in [-0.1, -0.05) is 15.9 Å². The molecule has 2 aliphatic rings. The van der Waals surface area contributed by atoms with E-state index < -0.39 is 0 Å². The van der Waals surface area contributed by atoms with Crippen LogP contribution >= 0.6 is 15.9 Å². The lowest BCUT2D eigenvalue weighted by molar-refractivity contribution is -0.0265. The van der Waals surface area contributed by atoms with E-state index in [0.717, 1.165) is 23.5 Å². The molecule has 0 aliphatic carbocycles. The fraction of sp³-hybridized carbons (Fsp3) is 1.00. The highest BCUT2D eigenvalue weighted by atomic mass is 79.9. The minimum atomic E-state index is -0.0000104. The van der Waals surface area contributed by atoms with Crippen molar-refractivity contribution in [3.63, 3.8) is 0 Å². The van der Waals surface area contributed by atoms with Crippen molar-refractivity contribution >= 4 is 15.9 Å². The minimum absolute atomic E-state index is 0.0000104. The summed E-state index contributed by atoms with van der Waals surface area (Å²) < 4.78 is 5.54. The summed E-state index contributed by atoms with van der Waals surface area (Å²) in [7, 11) is 1.82. The maximum atomic E-state index is 5.54. The van der Waals surface area contributed by atoms with E-state index >= 15 is 0 Å². The molecule has 2 unspecified atom stereocenters. The Morgan fingerprint density at radius 3 is 2.27 bits per heavy atom. The van der Waals surface area contributed by atoms with E-state index in [2.05, 4.69) is 34.7 Å². The van der Waals surface area contributed by atoms with Gasteiger partial charge in [-0.25, -0.2) is 0 Å². The minimum Gasteiger partial charge on any atom is -0.377 e. The van der Waals surface area contributed by atoms with Gasteiger partial charge in [0.1, 0.15) is 0 Å². The molecule has 0 spiro atoms. The zero-order chi connectivity index (χ0) is 11.1. The zero-order valence-electron chi connectivity index (χ0n) is 10.0. The summed E-state index contributed by atoms with van der Waals surface area (Å²) in [6.45, 7) is 5.46. The average molecular weight is 276 g/mol. The summed E-state index contributed by atoms with van der Waals surface area (Å²) in [5.41, 5.74) is -0.0000104. The first kappa shape index (κ1) is 11.9. The van der Waals surface area contributed by atoms with Crippen LogP contribution in [0.25, 0.3) is 0 Å². The molecule has 3 heteroatoms. The van der Waals surface area contributed by atoms with Gasteiger partial charge in [0.25, 0.3) is 0 Å². The molecule has 2 nitrogen and oxygen atoms in total. The number of hydrogen-bond acceptors (Lipinski definition) is 2. The number of halogens is 1. The van der Waals surface area contributed by atoms with Gasteiger partial charge in [0.15, 0.2) is 0 Å². The van der Waals surface area contributed by atoms with Crippen LogP contribution in [0.3, 0.4) is 0 Å². The van der Waals surface area contributed by atoms with E-state index in [9.17, 15) is 0 Å². The van der Waals surface area contributed by atoms with Gasteiger partial charge in [-0.3, -0.25) is 4.90 Å². The molecule has 0 amide bonds. The van der Waals surface area contributed by atoms with Crippen molar-refractivity contribution < 1.29 is 4.74 Å². The molecule has 2 aliphatic heterocycles. The van der Waals surface area contributed by atoms with Crippen LogP contribution in [0, 0.1) is 0 Å². The van der Waals surface area contributed by atoms with Crippen LogP contribution in [0.1, 0.15) is 39.5 Å². The molecule has 88 valence electrons. The van der Waals surface area contributed by atoms with Crippen molar-refractivity contribution in [1.29, 1.82) is 0 Å². The third-order valence-electron chi connectivity index (χ3n) is 3.94. The quantitative estimate of drug-likeness (QED) is 0.735. The molecule has 2 heterocycles. The highest BCUT2D eigenvalue weighted by Gasteiger charge is 2.41. The lowest BCUT2D eigenvalue weighted by Crippen LogP contribution is -2.50. The Balaban J connectivity index is 1.99. The van der Waals surface area contributed by atoms with Gasteiger partial charge in [0, 0.05) is 30.6 Å². The molecule has 0 N–H and O–H groups in total. The standard InChI is InChI=1S/C12H22BrNO/c1-12(2,15-3)8-14-10-4-5-11(14)7-9(13)6-10/h9-11H,4-8H2,1-3H3. The Morgan fingerprint density at radius 2 is 1.80 bits per heavy atom. The number of alkyl halides is 1. The maximum absolute atomic E-state index is 5.54. The van der Waals surface area contributed by atoms with Crippen molar-refractivity contribution in [3.8, 4) is 0 Å². The van der Waals surface area contributed by atoms with Crippen LogP contribution in [-0.2, 0) is 4.74 Å². The van der Waals surface area contributed by atoms with E-state index in [1.54, 1.807) is 0 Å². The molecule has 0 saturated carbocycles. The lowest BCUT2D eigenvalue weighted by Gasteiger charge is -2.41. The summed E-state index contributed by atoms with van der Waals surface area (Å²) in [5, 5.41) is 0. The Bertz CT molecular complexity index is 218. The number of methoxy groups -OCH3 is 1. The number of fused-ring (bicyclic) bond motifs is 2. The van der Waals surface area contributed by atoms with Crippen LogP contribution in [0.4, 0.5) is 0 Å². The zero-order valence-corrected chi connectivity index (χ0v) is 11.6. The molecule has 0 aromatic carbocycles. The Morgan fingerprint density at radius 1 is 1.27 bits per heavy atom. The third kappa shape index (κ3) is 2.56. The summed E-state index contributed by atoms with van der Waals surface area (Å²) >= 11 is 3.78. The van der Waals surface area contributed by atoms with E-state index in [0.29, 0.717) is 0 Å². The van der Waals surface area contributed by atoms with E-state index in [-0.39, 0.29) is 5.60 Å². The predicted molar refractivity (Wildman–Crippen MR) is 66.6 cm³/mol. The molecule has 2 rings (SSSR count). The van der Waals surface area contributed by atoms with E-state index in [1.807, 2.05) is 7.11 Å². The maximum Gasteiger partial charge on any atom is 0.0749 e. The predicted octanol–water partition coefficient (Wildman–Crippen LogP) is 2.80. The normalized spacial score (nSPS) is 37.2. The first-order valence-corrected chi connectivity index (χ1v) is 6.88. The van der Waals surface area contributed by atoms with Gasteiger partial charge >= 0.3 is 0 Å². The summed E-state index contributed by atoms with van der Waals surface area (Å²) in [6.07, 6.45) is 5.39. The second-order valence-corrected chi connectivity index (χ2v) is 6.88. The molecule has 2 fully saturated rings. The highest BCUT2D eigenvalue weighted by Crippen LogP contribution is 2.39. The first-order chi connectivity index (χ1) is 7.02. The molecule has 2 saturated heterocycles. The summed E-state index contributed by atoms with van der Waals surface area (Å²) in [5.74, 6) is 0.